The summed E-state index contributed by atoms with van der Waals surface area (Å²) in [5, 5.41) is 3.47. The molecule has 19 heavy (non-hydrogen) atoms. The topological polar surface area (TPSA) is 40.8 Å². The number of nitrogens with zero attached hydrogens (tertiary/aromatic N) is 2. The van der Waals surface area contributed by atoms with Crippen molar-refractivity contribution in [2.45, 2.75) is 33.1 Å². The molecule has 2 heterocycles. The molecule has 0 bridgehead atoms. The predicted octanol–water partition coefficient (Wildman–Crippen LogP) is 2.52. The van der Waals surface area contributed by atoms with Crippen molar-refractivity contribution in [2.24, 2.45) is 10.9 Å². The van der Waals surface area contributed by atoms with Crippen molar-refractivity contribution < 1.29 is 4.42 Å². The largest absolute Gasteiger partial charge is 0.469 e. The number of hydrogen-bond donors (Lipinski definition) is 1. The fourth-order valence-corrected chi connectivity index (χ4v) is 2.22. The van der Waals surface area contributed by atoms with Gasteiger partial charge in [0, 0.05) is 32.6 Å². The summed E-state index contributed by atoms with van der Waals surface area (Å²) in [4.78, 5) is 7.09. The van der Waals surface area contributed by atoms with Crippen LogP contribution in [0.2, 0.25) is 0 Å². The van der Waals surface area contributed by atoms with Gasteiger partial charge in [-0.3, -0.25) is 4.99 Å². The Morgan fingerprint density at radius 3 is 2.84 bits per heavy atom. The van der Waals surface area contributed by atoms with E-state index in [0.29, 0.717) is 5.92 Å². The van der Waals surface area contributed by atoms with E-state index in [-0.39, 0.29) is 0 Å². The maximum absolute atomic E-state index is 5.35. The van der Waals surface area contributed by atoms with Gasteiger partial charge in [-0.25, -0.2) is 0 Å². The van der Waals surface area contributed by atoms with Crippen LogP contribution in [-0.4, -0.2) is 37.0 Å². The molecule has 0 aromatic carbocycles. The maximum atomic E-state index is 5.35. The quantitative estimate of drug-likeness (QED) is 0.655. The monoisotopic (exact) mass is 263 g/mol. The van der Waals surface area contributed by atoms with Crippen LogP contribution < -0.4 is 5.32 Å². The third-order valence-electron chi connectivity index (χ3n) is 3.25. The van der Waals surface area contributed by atoms with Crippen molar-refractivity contribution in [1.82, 2.24) is 10.2 Å². The van der Waals surface area contributed by atoms with Crippen LogP contribution in [0, 0.1) is 5.92 Å². The zero-order valence-electron chi connectivity index (χ0n) is 12.1. The van der Waals surface area contributed by atoms with Crippen LogP contribution in [0.4, 0.5) is 0 Å². The highest BCUT2D eigenvalue weighted by molar-refractivity contribution is 5.80. The summed E-state index contributed by atoms with van der Waals surface area (Å²) in [6, 6.07) is 3.95. The Bertz CT molecular complexity index is 378. The van der Waals surface area contributed by atoms with Crippen molar-refractivity contribution >= 4 is 5.96 Å². The van der Waals surface area contributed by atoms with E-state index in [1.807, 2.05) is 12.1 Å². The zero-order valence-corrected chi connectivity index (χ0v) is 12.1. The first kappa shape index (κ1) is 14.0. The highest BCUT2D eigenvalue weighted by Crippen LogP contribution is 2.08. The van der Waals surface area contributed by atoms with E-state index in [1.54, 1.807) is 6.26 Å². The third kappa shape index (κ3) is 4.62. The number of guanidine groups is 1. The summed E-state index contributed by atoms with van der Waals surface area (Å²) >= 11 is 0. The summed E-state index contributed by atoms with van der Waals surface area (Å²) in [5.41, 5.74) is 0. The first-order valence-electron chi connectivity index (χ1n) is 7.31. The molecule has 1 aliphatic rings. The minimum Gasteiger partial charge on any atom is -0.469 e. The van der Waals surface area contributed by atoms with E-state index in [2.05, 4.69) is 24.1 Å². The molecule has 0 aliphatic carbocycles. The Kier molecular flexibility index (Phi) is 5.31. The van der Waals surface area contributed by atoms with Crippen molar-refractivity contribution in [2.75, 3.05) is 26.2 Å². The average molecular weight is 263 g/mol. The molecule has 0 spiro atoms. The number of likely N-dealkylation sites (tertiary alicyclic amines) is 1. The average Bonchev–Trinajstić information content (AvgIpc) is 3.05. The summed E-state index contributed by atoms with van der Waals surface area (Å²) in [6.45, 7) is 8.43. The minimum absolute atomic E-state index is 0.601. The molecule has 0 radical (unpaired) electrons. The summed E-state index contributed by atoms with van der Waals surface area (Å²) in [6.07, 6.45) is 5.19. The standard InChI is InChI=1S/C15H25N3O/c1-13(2)12-17-15(18-9-3-4-10-18)16-8-7-14-6-5-11-19-14/h5-6,11,13H,3-4,7-10,12H2,1-2H3,(H,16,17). The molecule has 0 amide bonds. The second-order valence-electron chi connectivity index (χ2n) is 5.51. The molecule has 1 saturated heterocycles. The highest BCUT2D eigenvalue weighted by Gasteiger charge is 2.15. The number of hydrogen-bond acceptors (Lipinski definition) is 2. The van der Waals surface area contributed by atoms with Gasteiger partial charge in [0.1, 0.15) is 5.76 Å². The first-order chi connectivity index (χ1) is 9.25. The van der Waals surface area contributed by atoms with Gasteiger partial charge in [-0.15, -0.1) is 0 Å². The summed E-state index contributed by atoms with van der Waals surface area (Å²) < 4.78 is 5.35. The molecule has 1 fully saturated rings. The zero-order chi connectivity index (χ0) is 13.5. The summed E-state index contributed by atoms with van der Waals surface area (Å²) in [5.74, 6) is 2.69. The molecule has 1 aliphatic heterocycles. The van der Waals surface area contributed by atoms with Gasteiger partial charge in [0.25, 0.3) is 0 Å². The molecular formula is C15H25N3O. The Morgan fingerprint density at radius 1 is 1.42 bits per heavy atom. The van der Waals surface area contributed by atoms with Crippen molar-refractivity contribution in [3.63, 3.8) is 0 Å². The van der Waals surface area contributed by atoms with Gasteiger partial charge in [0.05, 0.1) is 6.26 Å². The molecule has 106 valence electrons. The van der Waals surface area contributed by atoms with Crippen molar-refractivity contribution in [3.05, 3.63) is 24.2 Å². The van der Waals surface area contributed by atoms with Crippen LogP contribution in [0.3, 0.4) is 0 Å². The van der Waals surface area contributed by atoms with Gasteiger partial charge in [0.15, 0.2) is 5.96 Å². The lowest BCUT2D eigenvalue weighted by Crippen LogP contribution is -2.40. The molecule has 2 rings (SSSR count). The molecule has 0 atom stereocenters. The van der Waals surface area contributed by atoms with Crippen LogP contribution in [0.25, 0.3) is 0 Å². The Hall–Kier alpha value is -1.45. The van der Waals surface area contributed by atoms with Crippen molar-refractivity contribution in [3.8, 4) is 0 Å². The van der Waals surface area contributed by atoms with Crippen LogP contribution in [0.15, 0.2) is 27.8 Å². The highest BCUT2D eigenvalue weighted by atomic mass is 16.3. The van der Waals surface area contributed by atoms with E-state index in [4.69, 9.17) is 9.41 Å². The van der Waals surface area contributed by atoms with Gasteiger partial charge in [-0.1, -0.05) is 13.8 Å². The smallest absolute Gasteiger partial charge is 0.193 e. The fraction of sp³-hybridized carbons (Fsp3) is 0.667. The van der Waals surface area contributed by atoms with Crippen molar-refractivity contribution in [1.29, 1.82) is 0 Å². The Labute approximate surface area is 115 Å². The number of rotatable bonds is 5. The Balaban J connectivity index is 1.84. The number of aliphatic imine (C=N–C) groups is 1. The van der Waals surface area contributed by atoms with Gasteiger partial charge < -0.3 is 14.6 Å². The number of furan rings is 1. The van der Waals surface area contributed by atoms with Crippen LogP contribution >= 0.6 is 0 Å². The lowest BCUT2D eigenvalue weighted by Gasteiger charge is -2.21. The molecule has 1 N–H and O–H groups in total. The lowest BCUT2D eigenvalue weighted by molar-refractivity contribution is 0.477. The molecule has 0 unspecified atom stereocenters. The van der Waals surface area contributed by atoms with Gasteiger partial charge in [0.2, 0.25) is 0 Å². The van der Waals surface area contributed by atoms with E-state index in [1.165, 1.54) is 12.8 Å². The van der Waals surface area contributed by atoms with E-state index >= 15 is 0 Å². The van der Waals surface area contributed by atoms with E-state index in [0.717, 1.165) is 44.3 Å². The van der Waals surface area contributed by atoms with E-state index in [9.17, 15) is 0 Å². The van der Waals surface area contributed by atoms with Crippen LogP contribution in [0.5, 0.6) is 0 Å². The predicted molar refractivity (Wildman–Crippen MR) is 78.4 cm³/mol. The normalized spacial score (nSPS) is 16.4. The minimum atomic E-state index is 0.601. The Morgan fingerprint density at radius 2 is 2.21 bits per heavy atom. The maximum Gasteiger partial charge on any atom is 0.193 e. The molecule has 1 aromatic heterocycles. The second-order valence-corrected chi connectivity index (χ2v) is 5.51. The molecule has 4 nitrogen and oxygen atoms in total. The summed E-state index contributed by atoms with van der Waals surface area (Å²) in [7, 11) is 0. The lowest BCUT2D eigenvalue weighted by atomic mass is 10.2. The van der Waals surface area contributed by atoms with Gasteiger partial charge in [-0.05, 0) is 30.9 Å². The molecule has 1 aromatic rings. The van der Waals surface area contributed by atoms with Crippen LogP contribution in [-0.2, 0) is 6.42 Å². The third-order valence-corrected chi connectivity index (χ3v) is 3.25. The fourth-order valence-electron chi connectivity index (χ4n) is 2.22. The van der Waals surface area contributed by atoms with Crippen LogP contribution in [0.1, 0.15) is 32.4 Å². The molecule has 4 heteroatoms. The second kappa shape index (κ2) is 7.22. The first-order valence-corrected chi connectivity index (χ1v) is 7.31. The van der Waals surface area contributed by atoms with E-state index < -0.39 is 0 Å². The SMILES string of the molecule is CC(C)CN=C(NCCc1ccco1)N1CCCC1. The molecule has 0 saturated carbocycles. The number of nitrogens with one attached hydrogen (secondary N) is 1. The van der Waals surface area contributed by atoms with Gasteiger partial charge >= 0.3 is 0 Å². The molecular weight excluding hydrogens is 238 g/mol. The van der Waals surface area contributed by atoms with Gasteiger partial charge in [-0.2, -0.15) is 0 Å².